The highest BCUT2D eigenvalue weighted by molar-refractivity contribution is 5.77. The van der Waals surface area contributed by atoms with Gasteiger partial charge in [-0.25, -0.2) is 0 Å². The summed E-state index contributed by atoms with van der Waals surface area (Å²) >= 11 is 0. The Morgan fingerprint density at radius 2 is 1.47 bits per heavy atom. The van der Waals surface area contributed by atoms with Crippen LogP contribution in [0, 0.1) is 76.4 Å². The molecule has 5 saturated carbocycles. The molecule has 13 unspecified atom stereocenters. The van der Waals surface area contributed by atoms with Crippen molar-refractivity contribution in [3.8, 4) is 0 Å². The van der Waals surface area contributed by atoms with Crippen LogP contribution < -0.4 is 0 Å². The zero-order valence-corrected chi connectivity index (χ0v) is 21.0. The zero-order valence-electron chi connectivity index (χ0n) is 21.0. The molecule has 0 saturated heterocycles. The molecule has 0 aromatic rings. The fourth-order valence-electron chi connectivity index (χ4n) is 10.5. The second-order valence-electron chi connectivity index (χ2n) is 13.4. The highest BCUT2D eigenvalue weighted by atomic mass is 16.5. The van der Waals surface area contributed by atoms with Crippen LogP contribution in [-0.4, -0.2) is 13.1 Å². The first kappa shape index (κ1) is 21.7. The van der Waals surface area contributed by atoms with Crippen LogP contribution in [0.1, 0.15) is 58.3 Å². The van der Waals surface area contributed by atoms with Gasteiger partial charge in [0.15, 0.2) is 0 Å². The molecule has 0 aromatic carbocycles. The van der Waals surface area contributed by atoms with Gasteiger partial charge in [-0.05, 0) is 129 Å². The number of rotatable bonds is 1. The van der Waals surface area contributed by atoms with E-state index in [1.807, 2.05) is 0 Å². The number of hydrogen-bond acceptors (Lipinski definition) is 2. The van der Waals surface area contributed by atoms with Gasteiger partial charge in [0.2, 0.25) is 0 Å². The van der Waals surface area contributed by atoms with E-state index in [1.165, 1.54) is 52.1 Å². The van der Waals surface area contributed by atoms with Gasteiger partial charge in [0, 0.05) is 0 Å². The summed E-state index contributed by atoms with van der Waals surface area (Å²) in [6.07, 6.45) is 30.3. The first-order valence-electron chi connectivity index (χ1n) is 14.3. The lowest BCUT2D eigenvalue weighted by atomic mass is 9.63. The van der Waals surface area contributed by atoms with Crippen molar-refractivity contribution in [3.63, 3.8) is 0 Å². The van der Waals surface area contributed by atoms with Crippen LogP contribution >= 0.6 is 0 Å². The Morgan fingerprint density at radius 1 is 0.794 bits per heavy atom. The summed E-state index contributed by atoms with van der Waals surface area (Å²) < 4.78 is 5.06. The van der Waals surface area contributed by atoms with E-state index in [2.05, 4.69) is 55.5 Å². The molecule has 13 atom stereocenters. The Hall–Kier alpha value is -1.57. The Labute approximate surface area is 206 Å². The number of ether oxygens (including phenoxy) is 1. The summed E-state index contributed by atoms with van der Waals surface area (Å²) in [5.41, 5.74) is -0.182. The number of fused-ring (bicyclic) bond motifs is 16. The second-order valence-corrected chi connectivity index (χ2v) is 13.4. The summed E-state index contributed by atoms with van der Waals surface area (Å²) in [7, 11) is 1.54. The third kappa shape index (κ3) is 3.15. The molecule has 5 fully saturated rings. The summed E-state index contributed by atoms with van der Waals surface area (Å²) in [4.78, 5) is 12.1. The molecule has 0 aliphatic heterocycles. The number of esters is 1. The monoisotopic (exact) mass is 458 g/mol. The average Bonchev–Trinajstić information content (AvgIpc) is 3.68. The number of carbonyl (C=O) groups excluding carboxylic acids is 1. The van der Waals surface area contributed by atoms with E-state index in [0.29, 0.717) is 5.92 Å². The number of methoxy groups -OCH3 is 1. The zero-order chi connectivity index (χ0) is 23.0. The molecule has 9 rings (SSSR count). The molecule has 9 aliphatic rings. The predicted octanol–water partition coefficient (Wildman–Crippen LogP) is 7.00. The first-order chi connectivity index (χ1) is 16.5. The number of hydrogen-bond donors (Lipinski definition) is 0. The summed E-state index contributed by atoms with van der Waals surface area (Å²) in [5, 5.41) is 0. The van der Waals surface area contributed by atoms with E-state index in [4.69, 9.17) is 4.74 Å². The molecule has 8 bridgehead atoms. The van der Waals surface area contributed by atoms with Gasteiger partial charge in [0.25, 0.3) is 0 Å². The largest absolute Gasteiger partial charge is 0.469 e. The van der Waals surface area contributed by atoms with E-state index < -0.39 is 0 Å². The molecule has 2 nitrogen and oxygen atoms in total. The quantitative estimate of drug-likeness (QED) is 0.240. The van der Waals surface area contributed by atoms with Gasteiger partial charge in [0.05, 0.1) is 12.5 Å². The molecule has 0 aromatic heterocycles. The van der Waals surface area contributed by atoms with Crippen molar-refractivity contribution in [3.05, 3.63) is 48.6 Å². The minimum absolute atomic E-state index is 0.0372. The third-order valence-corrected chi connectivity index (χ3v) is 11.9. The fourth-order valence-corrected chi connectivity index (χ4v) is 10.5. The smallest absolute Gasteiger partial charge is 0.311 e. The molecule has 34 heavy (non-hydrogen) atoms. The van der Waals surface area contributed by atoms with Crippen molar-refractivity contribution in [2.45, 2.75) is 58.3 Å². The normalized spacial score (nSPS) is 54.2. The molecule has 0 N–H and O–H groups in total. The average molecular weight is 459 g/mol. The summed E-state index contributed by atoms with van der Waals surface area (Å²) in [6.45, 7) is 2.15. The van der Waals surface area contributed by atoms with Crippen molar-refractivity contribution in [1.82, 2.24) is 0 Å². The van der Waals surface area contributed by atoms with Crippen molar-refractivity contribution in [1.29, 1.82) is 0 Å². The van der Waals surface area contributed by atoms with Crippen molar-refractivity contribution < 1.29 is 9.53 Å². The molecule has 0 heterocycles. The van der Waals surface area contributed by atoms with Crippen molar-refractivity contribution in [2.75, 3.05) is 7.11 Å². The number of allylic oxidation sites excluding steroid dienone is 8. The van der Waals surface area contributed by atoms with Crippen molar-refractivity contribution >= 4 is 5.97 Å². The predicted molar refractivity (Wildman–Crippen MR) is 135 cm³/mol. The minimum Gasteiger partial charge on any atom is -0.469 e. The van der Waals surface area contributed by atoms with Gasteiger partial charge in [-0.2, -0.15) is 0 Å². The lowest BCUT2D eigenvalue weighted by Crippen LogP contribution is -2.42. The molecule has 0 amide bonds. The van der Waals surface area contributed by atoms with E-state index in [9.17, 15) is 4.79 Å². The van der Waals surface area contributed by atoms with Gasteiger partial charge in [0.1, 0.15) is 0 Å². The topological polar surface area (TPSA) is 26.3 Å². The van der Waals surface area contributed by atoms with Gasteiger partial charge >= 0.3 is 5.97 Å². The molecule has 182 valence electrons. The highest BCUT2D eigenvalue weighted by Crippen LogP contribution is 2.70. The molecular formula is C32H42O2. The SMILES string of the molecule is C1=CC2C3C=CC(C3)C2C1.C1=CC2CCC1C2.COC(=O)C1(C)CC2CC1C1C3C=CC(C3)C21. The molecule has 9 aliphatic carbocycles. The number of carbonyl (C=O) groups is 1. The van der Waals surface area contributed by atoms with Crippen LogP contribution in [0.15, 0.2) is 48.6 Å². The van der Waals surface area contributed by atoms with Crippen LogP contribution in [-0.2, 0) is 9.53 Å². The molecule has 2 heteroatoms. The maximum Gasteiger partial charge on any atom is 0.311 e. The lowest BCUT2D eigenvalue weighted by molar-refractivity contribution is -0.157. The van der Waals surface area contributed by atoms with Gasteiger partial charge in [-0.1, -0.05) is 48.6 Å². The second kappa shape index (κ2) is 7.97. The van der Waals surface area contributed by atoms with Gasteiger partial charge < -0.3 is 4.74 Å². The standard InChI is InChI=1S/C15H20O2.C10H12.C7H10/c1-15(14(16)17-2)7-10-6-11(15)13-9-4-3-8(5-9)12(10)13;1-2-9-7-4-5-8(6-7)10(9)3-1;1-2-7-4-3-6(1)5-7/h3-4,8-13H,5-7H2,1-2H3;1-2,4-5,7-10H,3,6H2;1-2,6-7H,3-5H2. The van der Waals surface area contributed by atoms with E-state index in [0.717, 1.165) is 71.5 Å². The summed E-state index contributed by atoms with van der Waals surface area (Å²) in [5.74, 6) is 10.5. The van der Waals surface area contributed by atoms with Gasteiger partial charge in [-0.3, -0.25) is 4.79 Å². The lowest BCUT2D eigenvalue weighted by Gasteiger charge is -2.41. The van der Waals surface area contributed by atoms with Crippen LogP contribution in [0.4, 0.5) is 0 Å². The van der Waals surface area contributed by atoms with E-state index >= 15 is 0 Å². The Bertz CT molecular complexity index is 944. The Kier molecular flexibility index (Phi) is 5.08. The van der Waals surface area contributed by atoms with Crippen LogP contribution in [0.2, 0.25) is 0 Å². The molecule has 0 spiro atoms. The third-order valence-electron chi connectivity index (χ3n) is 11.9. The Morgan fingerprint density at radius 3 is 2.12 bits per heavy atom. The van der Waals surface area contributed by atoms with Crippen molar-refractivity contribution in [2.24, 2.45) is 76.4 Å². The van der Waals surface area contributed by atoms with E-state index in [-0.39, 0.29) is 11.4 Å². The Balaban J connectivity index is 0.0000000986. The fraction of sp³-hybridized carbons (Fsp3) is 0.719. The maximum absolute atomic E-state index is 12.1. The molecule has 0 radical (unpaired) electrons. The first-order valence-corrected chi connectivity index (χ1v) is 14.3. The van der Waals surface area contributed by atoms with Crippen LogP contribution in [0.25, 0.3) is 0 Å². The highest BCUT2D eigenvalue weighted by Gasteiger charge is 2.66. The van der Waals surface area contributed by atoms with Crippen LogP contribution in [0.5, 0.6) is 0 Å². The summed E-state index contributed by atoms with van der Waals surface area (Å²) in [6, 6.07) is 0. The minimum atomic E-state index is -0.182. The van der Waals surface area contributed by atoms with E-state index in [1.54, 1.807) is 0 Å². The maximum atomic E-state index is 12.1. The van der Waals surface area contributed by atoms with Crippen LogP contribution in [0.3, 0.4) is 0 Å². The molecular weight excluding hydrogens is 416 g/mol. The van der Waals surface area contributed by atoms with Gasteiger partial charge in [-0.15, -0.1) is 0 Å².